The predicted molar refractivity (Wildman–Crippen MR) is 62.0 cm³/mol. The van der Waals surface area contributed by atoms with Crippen molar-refractivity contribution in [2.24, 2.45) is 5.73 Å². The van der Waals surface area contributed by atoms with Crippen molar-refractivity contribution in [1.82, 2.24) is 4.72 Å². The average Bonchev–Trinajstić information content (AvgIpc) is 2.13. The Morgan fingerprint density at radius 2 is 1.94 bits per heavy atom. The van der Waals surface area contributed by atoms with Crippen LogP contribution in [-0.2, 0) is 10.1 Å². The van der Waals surface area contributed by atoms with Crippen LogP contribution in [0.15, 0.2) is 34.1 Å². The van der Waals surface area contributed by atoms with Gasteiger partial charge in [-0.1, -0.05) is 12.1 Å². The number of hydrogen-bond donors (Lipinski definition) is 3. The van der Waals surface area contributed by atoms with Crippen LogP contribution in [0.5, 0.6) is 0 Å². The maximum absolute atomic E-state index is 10.9. The van der Waals surface area contributed by atoms with Crippen molar-refractivity contribution >= 4 is 57.7 Å². The van der Waals surface area contributed by atoms with Gasteiger partial charge in [0.25, 0.3) is 10.1 Å². The summed E-state index contributed by atoms with van der Waals surface area (Å²) >= 11 is 0.718. The van der Waals surface area contributed by atoms with E-state index in [1.807, 2.05) is 0 Å². The van der Waals surface area contributed by atoms with E-state index in [1.165, 1.54) is 18.2 Å². The minimum atomic E-state index is -4.29. The SMILES string of the molecule is NC(=O)NSc1ccccc1S(=O)(=O)O.[NaH]. The molecule has 0 aliphatic carbocycles. The molecule has 6 nitrogen and oxygen atoms in total. The summed E-state index contributed by atoms with van der Waals surface area (Å²) in [6.07, 6.45) is 0. The van der Waals surface area contributed by atoms with Crippen LogP contribution in [0.1, 0.15) is 0 Å². The molecule has 0 aliphatic heterocycles. The van der Waals surface area contributed by atoms with E-state index in [0.717, 1.165) is 11.9 Å². The molecular formula is C7H9N2NaO4S2. The fourth-order valence-electron chi connectivity index (χ4n) is 0.853. The molecule has 0 heterocycles. The van der Waals surface area contributed by atoms with E-state index in [2.05, 4.69) is 4.72 Å². The molecule has 0 unspecified atom stereocenters. The molecule has 1 rings (SSSR count). The number of rotatable bonds is 3. The molecule has 16 heavy (non-hydrogen) atoms. The summed E-state index contributed by atoms with van der Waals surface area (Å²) < 4.78 is 32.8. The van der Waals surface area contributed by atoms with E-state index in [9.17, 15) is 13.2 Å². The van der Waals surface area contributed by atoms with Crippen LogP contribution in [0.25, 0.3) is 0 Å². The third kappa shape index (κ3) is 4.73. The van der Waals surface area contributed by atoms with E-state index in [-0.39, 0.29) is 39.3 Å². The van der Waals surface area contributed by atoms with Crippen molar-refractivity contribution in [3.63, 3.8) is 0 Å². The number of urea groups is 1. The van der Waals surface area contributed by atoms with Crippen molar-refractivity contribution < 1.29 is 17.8 Å². The van der Waals surface area contributed by atoms with Crippen molar-refractivity contribution in [3.05, 3.63) is 24.3 Å². The van der Waals surface area contributed by atoms with Gasteiger partial charge in [0.15, 0.2) is 0 Å². The Hall–Kier alpha value is -0.250. The molecule has 0 saturated carbocycles. The standard InChI is InChI=1S/C7H8N2O4S2.Na.H/c8-7(10)9-14-5-3-1-2-4-6(5)15(11,12)13;;/h1-4H,(H3,8,9,10)(H,11,12,13);;. The van der Waals surface area contributed by atoms with Crippen LogP contribution < -0.4 is 10.5 Å². The number of primary amides is 1. The van der Waals surface area contributed by atoms with Gasteiger partial charge in [0, 0.05) is 4.90 Å². The normalized spacial score (nSPS) is 10.3. The van der Waals surface area contributed by atoms with Crippen LogP contribution >= 0.6 is 11.9 Å². The Balaban J connectivity index is 0.00000225. The van der Waals surface area contributed by atoms with Gasteiger partial charge in [-0.3, -0.25) is 9.27 Å². The second kappa shape index (κ2) is 6.48. The molecule has 4 N–H and O–H groups in total. The molecule has 1 aromatic carbocycles. The van der Waals surface area contributed by atoms with Crippen LogP contribution in [0, 0.1) is 0 Å². The molecule has 84 valence electrons. The topological polar surface area (TPSA) is 109 Å². The Bertz CT molecular complexity index is 477. The summed E-state index contributed by atoms with van der Waals surface area (Å²) in [5, 5.41) is 0. The maximum atomic E-state index is 10.9. The Labute approximate surface area is 119 Å². The van der Waals surface area contributed by atoms with E-state index in [4.69, 9.17) is 10.3 Å². The van der Waals surface area contributed by atoms with Gasteiger partial charge < -0.3 is 5.73 Å². The zero-order valence-electron chi connectivity index (χ0n) is 7.38. The minimum absolute atomic E-state index is 0. The van der Waals surface area contributed by atoms with Crippen LogP contribution in [0.2, 0.25) is 0 Å². The van der Waals surface area contributed by atoms with Gasteiger partial charge in [-0.05, 0) is 24.1 Å². The van der Waals surface area contributed by atoms with E-state index in [1.54, 1.807) is 6.07 Å². The second-order valence-corrected chi connectivity index (χ2v) is 4.73. The van der Waals surface area contributed by atoms with E-state index >= 15 is 0 Å². The first kappa shape index (κ1) is 15.8. The van der Waals surface area contributed by atoms with Gasteiger partial charge in [0.1, 0.15) is 4.90 Å². The summed E-state index contributed by atoms with van der Waals surface area (Å²) in [5.41, 5.74) is 4.82. The number of benzene rings is 1. The Kier molecular flexibility index (Phi) is 6.38. The Morgan fingerprint density at radius 3 is 2.44 bits per heavy atom. The van der Waals surface area contributed by atoms with Crippen LogP contribution in [0.3, 0.4) is 0 Å². The monoisotopic (exact) mass is 272 g/mol. The van der Waals surface area contributed by atoms with Crippen molar-refractivity contribution in [2.45, 2.75) is 9.79 Å². The number of amides is 2. The van der Waals surface area contributed by atoms with Crippen molar-refractivity contribution in [2.75, 3.05) is 0 Å². The van der Waals surface area contributed by atoms with Gasteiger partial charge in [-0.2, -0.15) is 8.42 Å². The fraction of sp³-hybridized carbons (Fsp3) is 0. The van der Waals surface area contributed by atoms with Gasteiger partial charge >= 0.3 is 35.6 Å². The molecule has 0 radical (unpaired) electrons. The molecule has 0 bridgehead atoms. The zero-order valence-corrected chi connectivity index (χ0v) is 9.01. The molecule has 0 aromatic heterocycles. The van der Waals surface area contributed by atoms with Gasteiger partial charge in [0.2, 0.25) is 0 Å². The van der Waals surface area contributed by atoms with Crippen LogP contribution in [0.4, 0.5) is 4.79 Å². The fourth-order valence-corrected chi connectivity index (χ4v) is 2.39. The van der Waals surface area contributed by atoms with Crippen LogP contribution in [-0.4, -0.2) is 48.6 Å². The van der Waals surface area contributed by atoms with Gasteiger partial charge in [0.05, 0.1) is 0 Å². The molecule has 0 fully saturated rings. The summed E-state index contributed by atoms with van der Waals surface area (Å²) in [6, 6.07) is 4.88. The number of carbonyl (C=O) groups is 1. The quantitative estimate of drug-likeness (QED) is 0.406. The number of hydrogen-bond acceptors (Lipinski definition) is 4. The number of carbonyl (C=O) groups excluding carboxylic acids is 1. The van der Waals surface area contributed by atoms with Gasteiger partial charge in [-0.15, -0.1) is 0 Å². The first-order chi connectivity index (χ1) is 6.91. The van der Waals surface area contributed by atoms with E-state index < -0.39 is 16.1 Å². The average molecular weight is 272 g/mol. The molecule has 0 aliphatic rings. The number of nitrogens with one attached hydrogen (secondary N) is 1. The first-order valence-corrected chi connectivity index (χ1v) is 5.95. The third-order valence-electron chi connectivity index (χ3n) is 1.39. The second-order valence-electron chi connectivity index (χ2n) is 2.49. The summed E-state index contributed by atoms with van der Waals surface area (Å²) in [7, 11) is -4.29. The third-order valence-corrected chi connectivity index (χ3v) is 3.31. The van der Waals surface area contributed by atoms with Crippen molar-refractivity contribution in [3.8, 4) is 0 Å². The summed E-state index contributed by atoms with van der Waals surface area (Å²) in [6.45, 7) is 0. The molecule has 2 amide bonds. The molecule has 9 heteroatoms. The molecule has 1 aromatic rings. The van der Waals surface area contributed by atoms with E-state index in [0.29, 0.717) is 0 Å². The van der Waals surface area contributed by atoms with Crippen molar-refractivity contribution in [1.29, 1.82) is 0 Å². The summed E-state index contributed by atoms with van der Waals surface area (Å²) in [5.74, 6) is 0. The molecule has 0 atom stereocenters. The molecule has 0 saturated heterocycles. The zero-order chi connectivity index (χ0) is 11.5. The summed E-state index contributed by atoms with van der Waals surface area (Å²) in [4.78, 5) is 10.3. The van der Waals surface area contributed by atoms with Gasteiger partial charge in [-0.25, -0.2) is 4.79 Å². The number of nitrogens with two attached hydrogens (primary N) is 1. The predicted octanol–water partition coefficient (Wildman–Crippen LogP) is -0.0398. The first-order valence-electron chi connectivity index (χ1n) is 3.70. The molecular weight excluding hydrogens is 263 g/mol. The Morgan fingerprint density at radius 1 is 1.38 bits per heavy atom. The molecule has 0 spiro atoms.